The van der Waals surface area contributed by atoms with Crippen LogP contribution in [0.25, 0.3) is 16.7 Å². The molecule has 1 fully saturated rings. The third-order valence-corrected chi connectivity index (χ3v) is 5.95. The van der Waals surface area contributed by atoms with Crippen molar-refractivity contribution in [2.75, 3.05) is 31.1 Å². The Balaban J connectivity index is 1.46. The van der Waals surface area contributed by atoms with Gasteiger partial charge in [0.05, 0.1) is 17.4 Å². The summed E-state index contributed by atoms with van der Waals surface area (Å²) >= 11 is 1.68. The van der Waals surface area contributed by atoms with Crippen LogP contribution in [0.5, 0.6) is 0 Å². The minimum atomic E-state index is -0.0471. The molecule has 3 aromatic heterocycles. The van der Waals surface area contributed by atoms with Gasteiger partial charge in [0.25, 0.3) is 5.56 Å². The molecule has 0 amide bonds. The van der Waals surface area contributed by atoms with E-state index in [0.717, 1.165) is 42.7 Å². The Hall–Kier alpha value is -2.78. The molecule has 0 aliphatic carbocycles. The van der Waals surface area contributed by atoms with Crippen LogP contribution < -0.4 is 10.5 Å². The normalized spacial score (nSPS) is 15.8. The number of rotatable bonds is 3. The minimum Gasteiger partial charge on any atom is -0.346 e. The molecule has 0 saturated carbocycles. The monoisotopic (exact) mass is 381 g/mol. The number of para-hydroxylation sites is 1. The van der Waals surface area contributed by atoms with Crippen molar-refractivity contribution in [1.29, 1.82) is 0 Å². The number of aryl methyl sites for hydroxylation is 1. The fraction of sp³-hybridized carbons (Fsp3) is 0.333. The zero-order chi connectivity index (χ0) is 18.4. The van der Waals surface area contributed by atoms with Crippen LogP contribution in [-0.4, -0.2) is 55.2 Å². The lowest BCUT2D eigenvalue weighted by atomic mass is 10.2. The molecule has 1 aliphatic heterocycles. The van der Waals surface area contributed by atoms with E-state index in [9.17, 15) is 4.79 Å². The van der Waals surface area contributed by atoms with Gasteiger partial charge < -0.3 is 4.90 Å². The van der Waals surface area contributed by atoms with E-state index in [1.165, 1.54) is 0 Å². The molecule has 0 bridgehead atoms. The van der Waals surface area contributed by atoms with Crippen molar-refractivity contribution in [2.24, 2.45) is 7.05 Å². The average Bonchev–Trinajstić information content (AvgIpc) is 3.37. The summed E-state index contributed by atoms with van der Waals surface area (Å²) in [5.74, 6) is 1.44. The third-order valence-electron chi connectivity index (χ3n) is 5.12. The van der Waals surface area contributed by atoms with Gasteiger partial charge in [-0.3, -0.25) is 18.7 Å². The van der Waals surface area contributed by atoms with Gasteiger partial charge in [-0.15, -0.1) is 21.5 Å². The average molecular weight is 381 g/mol. The van der Waals surface area contributed by atoms with Crippen molar-refractivity contribution in [2.45, 2.75) is 6.54 Å². The molecule has 1 aromatic carbocycles. The lowest BCUT2D eigenvalue weighted by Gasteiger charge is -2.34. The maximum absolute atomic E-state index is 12.6. The van der Waals surface area contributed by atoms with E-state index >= 15 is 0 Å². The van der Waals surface area contributed by atoms with Crippen LogP contribution in [0.15, 0.2) is 40.6 Å². The number of piperazine rings is 1. The SMILES string of the molecule is Cn1c(=O)c2ccccc2n2c(CN3CCN(c4nccs4)CC3)nnc12. The molecule has 4 heterocycles. The molecular weight excluding hydrogens is 362 g/mol. The van der Waals surface area contributed by atoms with Crippen LogP contribution in [0.4, 0.5) is 5.13 Å². The maximum atomic E-state index is 12.6. The Kier molecular flexibility index (Phi) is 3.91. The number of hydrogen-bond donors (Lipinski definition) is 0. The molecule has 9 heteroatoms. The second-order valence-electron chi connectivity index (χ2n) is 6.71. The molecule has 4 aromatic rings. The van der Waals surface area contributed by atoms with Crippen molar-refractivity contribution in [1.82, 2.24) is 29.0 Å². The number of hydrogen-bond acceptors (Lipinski definition) is 7. The van der Waals surface area contributed by atoms with Gasteiger partial charge >= 0.3 is 0 Å². The highest BCUT2D eigenvalue weighted by atomic mass is 32.1. The molecule has 5 rings (SSSR count). The first-order valence-electron chi connectivity index (χ1n) is 8.91. The highest BCUT2D eigenvalue weighted by molar-refractivity contribution is 7.13. The number of anilines is 1. The first kappa shape index (κ1) is 16.4. The molecule has 138 valence electrons. The summed E-state index contributed by atoms with van der Waals surface area (Å²) < 4.78 is 3.57. The van der Waals surface area contributed by atoms with Gasteiger partial charge in [-0.2, -0.15) is 0 Å². The summed E-state index contributed by atoms with van der Waals surface area (Å²) in [6, 6.07) is 7.64. The number of thiazole rings is 1. The topological polar surface area (TPSA) is 71.6 Å². The minimum absolute atomic E-state index is 0.0471. The Morgan fingerprint density at radius 3 is 2.70 bits per heavy atom. The fourth-order valence-corrected chi connectivity index (χ4v) is 4.36. The highest BCUT2D eigenvalue weighted by Gasteiger charge is 2.21. The Morgan fingerprint density at radius 1 is 1.11 bits per heavy atom. The van der Waals surface area contributed by atoms with E-state index in [1.807, 2.05) is 40.2 Å². The van der Waals surface area contributed by atoms with Crippen molar-refractivity contribution in [3.63, 3.8) is 0 Å². The van der Waals surface area contributed by atoms with Gasteiger partial charge in [-0.25, -0.2) is 4.98 Å². The van der Waals surface area contributed by atoms with Gasteiger partial charge in [0.1, 0.15) is 0 Å². The zero-order valence-corrected chi connectivity index (χ0v) is 15.8. The molecule has 8 nitrogen and oxygen atoms in total. The van der Waals surface area contributed by atoms with Crippen LogP contribution in [0.1, 0.15) is 5.82 Å². The smallest absolute Gasteiger partial charge is 0.262 e. The fourth-order valence-electron chi connectivity index (χ4n) is 3.66. The van der Waals surface area contributed by atoms with Crippen molar-refractivity contribution in [3.8, 4) is 0 Å². The molecule has 1 aliphatic rings. The van der Waals surface area contributed by atoms with Crippen LogP contribution >= 0.6 is 11.3 Å². The summed E-state index contributed by atoms with van der Waals surface area (Å²) in [7, 11) is 1.75. The largest absolute Gasteiger partial charge is 0.346 e. The van der Waals surface area contributed by atoms with Crippen LogP contribution in [0, 0.1) is 0 Å². The first-order chi connectivity index (χ1) is 13.2. The van der Waals surface area contributed by atoms with Crippen LogP contribution in [0.3, 0.4) is 0 Å². The van der Waals surface area contributed by atoms with E-state index < -0.39 is 0 Å². The molecule has 0 N–H and O–H groups in total. The lowest BCUT2D eigenvalue weighted by Crippen LogP contribution is -2.46. The lowest BCUT2D eigenvalue weighted by molar-refractivity contribution is 0.243. The van der Waals surface area contributed by atoms with E-state index in [-0.39, 0.29) is 5.56 Å². The van der Waals surface area contributed by atoms with E-state index in [4.69, 9.17) is 0 Å². The molecular formula is C18H19N7OS. The zero-order valence-electron chi connectivity index (χ0n) is 14.9. The van der Waals surface area contributed by atoms with Crippen molar-refractivity contribution >= 4 is 33.1 Å². The summed E-state index contributed by atoms with van der Waals surface area (Å²) in [5, 5.41) is 12.5. The molecule has 0 atom stereocenters. The quantitative estimate of drug-likeness (QED) is 0.534. The molecule has 1 saturated heterocycles. The molecule has 0 radical (unpaired) electrons. The standard InChI is InChI=1S/C18H19N7OS/c1-22-16(26)13-4-2-3-5-14(13)25-15(20-21-17(22)25)12-23-7-9-24(10-8-23)18-19-6-11-27-18/h2-6,11H,7-10,12H2,1H3. The second-order valence-corrected chi connectivity index (χ2v) is 7.58. The molecule has 0 spiro atoms. The summed E-state index contributed by atoms with van der Waals surface area (Å²) in [4.78, 5) is 21.6. The predicted octanol–water partition coefficient (Wildman–Crippen LogP) is 1.36. The van der Waals surface area contributed by atoms with Crippen LogP contribution in [-0.2, 0) is 13.6 Å². The molecule has 27 heavy (non-hydrogen) atoms. The van der Waals surface area contributed by atoms with Gasteiger partial charge in [-0.05, 0) is 12.1 Å². The van der Waals surface area contributed by atoms with E-state index in [1.54, 1.807) is 23.0 Å². The predicted molar refractivity (Wildman–Crippen MR) is 105 cm³/mol. The number of aromatic nitrogens is 5. The molecule has 0 unspecified atom stereocenters. The summed E-state index contributed by atoms with van der Waals surface area (Å²) in [5.41, 5.74) is 0.811. The second kappa shape index (κ2) is 6.43. The van der Waals surface area contributed by atoms with E-state index in [0.29, 0.717) is 17.7 Å². The Morgan fingerprint density at radius 2 is 1.93 bits per heavy atom. The number of fused-ring (bicyclic) bond motifs is 3. The third kappa shape index (κ3) is 2.70. The van der Waals surface area contributed by atoms with Crippen molar-refractivity contribution < 1.29 is 0 Å². The number of benzene rings is 1. The van der Waals surface area contributed by atoms with Crippen molar-refractivity contribution in [3.05, 3.63) is 52.0 Å². The summed E-state index contributed by atoms with van der Waals surface area (Å²) in [6.07, 6.45) is 1.85. The number of nitrogens with zero attached hydrogens (tertiary/aromatic N) is 7. The van der Waals surface area contributed by atoms with Gasteiger partial charge in [-0.1, -0.05) is 12.1 Å². The Labute approximate surface area is 159 Å². The van der Waals surface area contributed by atoms with E-state index in [2.05, 4.69) is 25.0 Å². The van der Waals surface area contributed by atoms with Crippen LogP contribution in [0.2, 0.25) is 0 Å². The van der Waals surface area contributed by atoms with Gasteiger partial charge in [0, 0.05) is 44.8 Å². The maximum Gasteiger partial charge on any atom is 0.262 e. The highest BCUT2D eigenvalue weighted by Crippen LogP contribution is 2.20. The van der Waals surface area contributed by atoms with Gasteiger partial charge in [0.15, 0.2) is 11.0 Å². The van der Waals surface area contributed by atoms with Gasteiger partial charge in [0.2, 0.25) is 5.78 Å². The summed E-state index contributed by atoms with van der Waals surface area (Å²) in [6.45, 7) is 4.48. The Bertz CT molecular complexity index is 1160. The first-order valence-corrected chi connectivity index (χ1v) is 9.79.